The van der Waals surface area contributed by atoms with Gasteiger partial charge in [-0.3, -0.25) is 0 Å². The average Bonchev–Trinajstić information content (AvgIpc) is 3.31. The average molecular weight is 605 g/mol. The van der Waals surface area contributed by atoms with Crippen LogP contribution in [0.1, 0.15) is 44.2 Å². The van der Waals surface area contributed by atoms with Crippen molar-refractivity contribution in [2.45, 2.75) is 62.6 Å². The number of halogens is 3. The molecular weight excluding hydrogens is 569 g/mol. The van der Waals surface area contributed by atoms with Gasteiger partial charge in [0.1, 0.15) is 16.7 Å². The molecule has 0 radical (unpaired) electrons. The van der Waals surface area contributed by atoms with Gasteiger partial charge in [-0.15, -0.1) is 0 Å². The molecule has 1 aliphatic heterocycles. The number of carbonyl (C=O) groups is 1. The summed E-state index contributed by atoms with van der Waals surface area (Å²) in [5.74, 6) is -2.19. The number of benzene rings is 1. The maximum absolute atomic E-state index is 13.4. The highest BCUT2D eigenvalue weighted by molar-refractivity contribution is 7.89. The van der Waals surface area contributed by atoms with Crippen LogP contribution in [0, 0.1) is 18.8 Å². The van der Waals surface area contributed by atoms with Crippen molar-refractivity contribution in [2.24, 2.45) is 11.8 Å². The van der Waals surface area contributed by atoms with Crippen molar-refractivity contribution in [2.75, 3.05) is 38.6 Å². The van der Waals surface area contributed by atoms with Crippen molar-refractivity contribution < 1.29 is 35.9 Å². The van der Waals surface area contributed by atoms with Crippen molar-refractivity contribution in [3.63, 3.8) is 0 Å². The van der Waals surface area contributed by atoms with Crippen LogP contribution in [0.15, 0.2) is 23.1 Å². The number of hydrogen-bond acceptors (Lipinski definition) is 9. The van der Waals surface area contributed by atoms with Gasteiger partial charge in [0.25, 0.3) is 0 Å². The molecule has 1 aromatic carbocycles. The summed E-state index contributed by atoms with van der Waals surface area (Å²) in [7, 11) is -2.77. The number of aryl methyl sites for hydroxylation is 1. The number of rotatable bonds is 10. The summed E-state index contributed by atoms with van der Waals surface area (Å²) < 4.78 is 77.3. The molecule has 1 saturated heterocycles. The van der Waals surface area contributed by atoms with E-state index in [2.05, 4.69) is 25.1 Å². The summed E-state index contributed by atoms with van der Waals surface area (Å²) in [5, 5.41) is 7.09. The Bertz CT molecular complexity index is 1280. The van der Waals surface area contributed by atoms with Crippen LogP contribution in [0.3, 0.4) is 0 Å². The minimum absolute atomic E-state index is 0.00517. The van der Waals surface area contributed by atoms with Gasteiger partial charge in [-0.05, 0) is 62.4 Å². The predicted octanol–water partition coefficient (Wildman–Crippen LogP) is 4.48. The molecular formula is C26H35F3N4O5S2. The van der Waals surface area contributed by atoms with E-state index < -0.39 is 34.2 Å². The molecule has 2 fully saturated rings. The van der Waals surface area contributed by atoms with Crippen molar-refractivity contribution in [1.29, 1.82) is 0 Å². The first-order valence-electron chi connectivity index (χ1n) is 13.4. The van der Waals surface area contributed by atoms with Gasteiger partial charge in [-0.2, -0.15) is 13.2 Å². The normalized spacial score (nSPS) is 20.7. The minimum Gasteiger partial charge on any atom is -0.495 e. The Balaban J connectivity index is 1.48. The zero-order valence-electron chi connectivity index (χ0n) is 22.5. The lowest BCUT2D eigenvalue weighted by atomic mass is 9.89. The second-order valence-electron chi connectivity index (χ2n) is 10.2. The molecule has 0 amide bonds. The molecule has 3 N–H and O–H groups in total. The summed E-state index contributed by atoms with van der Waals surface area (Å²) in [5.41, 5.74) is 1.42. The van der Waals surface area contributed by atoms with Gasteiger partial charge in [-0.25, -0.2) is 22.9 Å². The Hall–Kier alpha value is -2.42. The van der Waals surface area contributed by atoms with Crippen molar-refractivity contribution in [3.05, 3.63) is 23.9 Å². The van der Waals surface area contributed by atoms with Crippen LogP contribution in [0.4, 0.5) is 18.3 Å². The number of anilines is 1. The Morgan fingerprint density at radius 2 is 1.93 bits per heavy atom. The van der Waals surface area contributed by atoms with E-state index >= 15 is 0 Å². The van der Waals surface area contributed by atoms with Gasteiger partial charge >= 0.3 is 12.1 Å². The molecule has 2 heterocycles. The number of nitrogens with one attached hydrogen (secondary N) is 3. The largest absolute Gasteiger partial charge is 0.495 e. The highest BCUT2D eigenvalue weighted by Crippen LogP contribution is 2.37. The fraction of sp³-hybridized carbons (Fsp3) is 0.615. The number of aromatic nitrogens is 1. The monoisotopic (exact) mass is 604 g/mol. The van der Waals surface area contributed by atoms with Crippen molar-refractivity contribution in [3.8, 4) is 16.2 Å². The van der Waals surface area contributed by atoms with E-state index in [1.807, 2.05) is 6.92 Å². The van der Waals surface area contributed by atoms with Crippen molar-refractivity contribution in [1.82, 2.24) is 15.0 Å². The molecule has 1 saturated carbocycles. The first-order chi connectivity index (χ1) is 19.0. The Morgan fingerprint density at radius 1 is 1.18 bits per heavy atom. The molecule has 2 unspecified atom stereocenters. The first kappa shape index (κ1) is 30.5. The third-order valence-corrected chi connectivity index (χ3v) is 9.98. The lowest BCUT2D eigenvalue weighted by molar-refractivity contribution is -0.207. The number of ether oxygens (including phenoxy) is 2. The zero-order valence-corrected chi connectivity index (χ0v) is 24.1. The lowest BCUT2D eigenvalue weighted by Gasteiger charge is -2.32. The first-order valence-corrected chi connectivity index (χ1v) is 15.7. The van der Waals surface area contributed by atoms with Crippen LogP contribution >= 0.6 is 11.3 Å². The Morgan fingerprint density at radius 3 is 2.62 bits per heavy atom. The van der Waals surface area contributed by atoms with Gasteiger partial charge < -0.3 is 20.1 Å². The molecule has 4 rings (SSSR count). The molecule has 0 spiro atoms. The number of sulfonamides is 1. The lowest BCUT2D eigenvalue weighted by Crippen LogP contribution is -2.48. The predicted molar refractivity (Wildman–Crippen MR) is 146 cm³/mol. The topological polar surface area (TPSA) is 119 Å². The van der Waals surface area contributed by atoms with E-state index in [0.717, 1.165) is 22.2 Å². The molecule has 2 aromatic rings. The van der Waals surface area contributed by atoms with Gasteiger partial charge in [0.2, 0.25) is 10.0 Å². The third kappa shape index (κ3) is 7.65. The highest BCUT2D eigenvalue weighted by atomic mass is 32.2. The van der Waals surface area contributed by atoms with E-state index in [4.69, 9.17) is 4.74 Å². The number of alkyl halides is 3. The minimum atomic E-state index is -5.13. The fourth-order valence-electron chi connectivity index (χ4n) is 5.15. The molecule has 9 nitrogen and oxygen atoms in total. The van der Waals surface area contributed by atoms with E-state index in [9.17, 15) is 26.4 Å². The third-order valence-electron chi connectivity index (χ3n) is 7.37. The summed E-state index contributed by atoms with van der Waals surface area (Å²) >= 11 is 1.45. The van der Waals surface area contributed by atoms with E-state index in [1.165, 1.54) is 56.6 Å². The van der Waals surface area contributed by atoms with Crippen LogP contribution in [0.2, 0.25) is 0 Å². The molecule has 1 aliphatic carbocycles. The number of nitrogens with zero attached hydrogens (tertiary/aromatic N) is 1. The van der Waals surface area contributed by atoms with Crippen LogP contribution in [0.5, 0.6) is 5.75 Å². The quantitative estimate of drug-likeness (QED) is 0.340. The molecule has 0 bridgehead atoms. The number of carbonyl (C=O) groups excluding carboxylic acids is 1. The number of methoxy groups -OCH3 is 1. The van der Waals surface area contributed by atoms with Crippen LogP contribution in [0.25, 0.3) is 10.4 Å². The summed E-state index contributed by atoms with van der Waals surface area (Å²) in [6.45, 7) is 2.96. The van der Waals surface area contributed by atoms with Crippen LogP contribution < -0.4 is 20.1 Å². The maximum Gasteiger partial charge on any atom is 0.490 e. The van der Waals surface area contributed by atoms with Gasteiger partial charge in [0.15, 0.2) is 5.13 Å². The number of thiazole rings is 1. The molecule has 40 heavy (non-hydrogen) atoms. The molecule has 14 heteroatoms. The summed E-state index contributed by atoms with van der Waals surface area (Å²) in [6.07, 6.45) is 0.281. The fourth-order valence-corrected chi connectivity index (χ4v) is 7.40. The smallest absolute Gasteiger partial charge is 0.490 e. The zero-order chi connectivity index (χ0) is 28.9. The van der Waals surface area contributed by atoms with Gasteiger partial charge in [0.05, 0.1) is 17.7 Å². The second kappa shape index (κ2) is 13.0. The van der Waals surface area contributed by atoms with Crippen LogP contribution in [-0.4, -0.2) is 64.9 Å². The molecule has 1 aromatic heterocycles. The maximum atomic E-state index is 13.4. The highest BCUT2D eigenvalue weighted by Gasteiger charge is 2.44. The standard InChI is InChI=1S/C26H35F3N4O5S2/c1-16-23(39-25(33-16)31-13-17-6-4-3-5-7-17)18-8-9-20(37-2)22(12-18)40(35,36)32-14-19-10-11-30-15-21(19)38-24(34)26(27,28)29/h8-9,12,17,19,21,30,32H,3-7,10-11,13-15H2,1-2H3,(H,31,33). The van der Waals surface area contributed by atoms with Gasteiger partial charge in [-0.1, -0.05) is 30.6 Å². The van der Waals surface area contributed by atoms with Crippen LogP contribution in [-0.2, 0) is 19.6 Å². The molecule has 2 aliphatic rings. The second-order valence-corrected chi connectivity index (χ2v) is 13.0. The molecule has 2 atom stereocenters. The van der Waals surface area contributed by atoms with E-state index in [-0.39, 0.29) is 23.7 Å². The van der Waals surface area contributed by atoms with E-state index in [1.54, 1.807) is 12.1 Å². The van der Waals surface area contributed by atoms with Gasteiger partial charge in [0, 0.05) is 25.6 Å². The Kier molecular flexibility index (Phi) is 9.96. The Labute approximate surface area is 236 Å². The molecule has 222 valence electrons. The summed E-state index contributed by atoms with van der Waals surface area (Å²) in [6, 6.07) is 4.84. The van der Waals surface area contributed by atoms with Crippen molar-refractivity contribution >= 4 is 32.5 Å². The number of hydrogen-bond donors (Lipinski definition) is 3. The number of esters is 1. The SMILES string of the molecule is COc1ccc(-c2sc(NCC3CCCCC3)nc2C)cc1S(=O)(=O)NCC1CCNCC1OC(=O)C(F)(F)F. The summed E-state index contributed by atoms with van der Waals surface area (Å²) in [4.78, 5) is 16.7. The van der Waals surface area contributed by atoms with E-state index in [0.29, 0.717) is 24.4 Å². The number of piperidine rings is 1.